The van der Waals surface area contributed by atoms with Crippen LogP contribution in [0.2, 0.25) is 0 Å². The molecule has 0 fully saturated rings. The Bertz CT molecular complexity index is 497. The van der Waals surface area contributed by atoms with Crippen molar-refractivity contribution in [1.29, 1.82) is 0 Å². The van der Waals surface area contributed by atoms with Crippen LogP contribution < -0.4 is 5.32 Å². The molecule has 1 aliphatic rings. The van der Waals surface area contributed by atoms with E-state index in [2.05, 4.69) is 29.4 Å². The smallest absolute Gasteiger partial charge is 0.407 e. The van der Waals surface area contributed by atoms with E-state index in [0.29, 0.717) is 6.54 Å². The number of carbonyl (C=O) groups excluding carboxylic acids is 1. The third-order valence-electron chi connectivity index (χ3n) is 3.30. The number of alkyl carbamates (subject to hydrolysis) is 1. The van der Waals surface area contributed by atoms with Gasteiger partial charge in [-0.2, -0.15) is 0 Å². The molecule has 102 valence electrons. The lowest BCUT2D eigenvalue weighted by atomic mass is 9.76. The van der Waals surface area contributed by atoms with Gasteiger partial charge < -0.3 is 10.1 Å². The topological polar surface area (TPSA) is 51.2 Å². The van der Waals surface area contributed by atoms with E-state index in [9.17, 15) is 4.79 Å². The lowest BCUT2D eigenvalue weighted by Crippen LogP contribution is -2.40. The highest BCUT2D eigenvalue weighted by Gasteiger charge is 2.31. The number of carbonyl (C=O) groups is 1. The van der Waals surface area contributed by atoms with E-state index in [4.69, 9.17) is 4.74 Å². The van der Waals surface area contributed by atoms with E-state index in [1.54, 1.807) is 6.20 Å². The Hall–Kier alpha value is -1.84. The van der Waals surface area contributed by atoms with Crippen molar-refractivity contribution in [2.24, 2.45) is 0 Å². The number of fused-ring (bicyclic) bond motifs is 1. The van der Waals surface area contributed by atoms with E-state index in [-0.39, 0.29) is 17.6 Å². The van der Waals surface area contributed by atoms with E-state index >= 15 is 0 Å². The van der Waals surface area contributed by atoms with Crippen LogP contribution in [0.1, 0.15) is 38.4 Å². The summed E-state index contributed by atoms with van der Waals surface area (Å²) in [6, 6.07) is 4.00. The highest BCUT2D eigenvalue weighted by molar-refractivity contribution is 5.67. The maximum Gasteiger partial charge on any atom is 0.407 e. The van der Waals surface area contributed by atoms with Gasteiger partial charge in [-0.3, -0.25) is 4.98 Å². The maximum absolute atomic E-state index is 11.6. The van der Waals surface area contributed by atoms with Crippen LogP contribution in [0.5, 0.6) is 0 Å². The number of hydrogen-bond acceptors (Lipinski definition) is 3. The SMILES string of the molecule is CC(C)OC(=O)NCC1(C)CC=Cc2ncccc21. The largest absolute Gasteiger partial charge is 0.447 e. The summed E-state index contributed by atoms with van der Waals surface area (Å²) in [6.07, 6.45) is 6.33. The molecule has 1 unspecified atom stereocenters. The Morgan fingerprint density at radius 3 is 3.11 bits per heavy atom. The fraction of sp³-hybridized carbons (Fsp3) is 0.467. The van der Waals surface area contributed by atoms with Gasteiger partial charge in [0.15, 0.2) is 0 Å². The molecule has 0 aromatic carbocycles. The molecule has 0 bridgehead atoms. The molecule has 4 heteroatoms. The van der Waals surface area contributed by atoms with Gasteiger partial charge in [0.1, 0.15) is 0 Å². The highest BCUT2D eigenvalue weighted by Crippen LogP contribution is 2.33. The molecule has 0 radical (unpaired) electrons. The Kier molecular flexibility index (Phi) is 3.88. The number of ether oxygens (including phenoxy) is 1. The first-order chi connectivity index (χ1) is 9.01. The van der Waals surface area contributed by atoms with Crippen molar-refractivity contribution < 1.29 is 9.53 Å². The number of amides is 1. The Morgan fingerprint density at radius 2 is 2.37 bits per heavy atom. The van der Waals surface area contributed by atoms with Gasteiger partial charge in [-0.05, 0) is 38.0 Å². The number of aromatic nitrogens is 1. The van der Waals surface area contributed by atoms with Crippen molar-refractivity contribution in [3.8, 4) is 0 Å². The molecular formula is C15H20N2O2. The lowest BCUT2D eigenvalue weighted by Gasteiger charge is -2.32. The third kappa shape index (κ3) is 3.13. The third-order valence-corrected chi connectivity index (χ3v) is 3.30. The molecule has 1 atom stereocenters. The molecule has 1 heterocycles. The molecule has 2 rings (SSSR count). The summed E-state index contributed by atoms with van der Waals surface area (Å²) in [5, 5.41) is 2.84. The van der Waals surface area contributed by atoms with Crippen LogP contribution in [0.3, 0.4) is 0 Å². The summed E-state index contributed by atoms with van der Waals surface area (Å²) in [5.41, 5.74) is 2.02. The number of rotatable bonds is 3. The Morgan fingerprint density at radius 1 is 1.58 bits per heavy atom. The standard InChI is InChI=1S/C15H20N2O2/c1-11(2)19-14(18)17-10-15(3)8-4-7-13-12(15)6-5-9-16-13/h4-7,9,11H,8,10H2,1-3H3,(H,17,18). The first-order valence-electron chi connectivity index (χ1n) is 6.58. The van der Waals surface area contributed by atoms with Crippen molar-refractivity contribution in [3.05, 3.63) is 35.7 Å². The molecule has 0 saturated carbocycles. The van der Waals surface area contributed by atoms with Crippen molar-refractivity contribution >= 4 is 12.2 Å². The molecule has 0 saturated heterocycles. The molecule has 1 aromatic heterocycles. The minimum Gasteiger partial charge on any atom is -0.447 e. The number of hydrogen-bond donors (Lipinski definition) is 1. The van der Waals surface area contributed by atoms with Gasteiger partial charge in [0.2, 0.25) is 0 Å². The van der Waals surface area contributed by atoms with E-state index in [1.165, 1.54) is 5.56 Å². The van der Waals surface area contributed by atoms with Crippen LogP contribution in [0.4, 0.5) is 4.79 Å². The molecule has 1 aliphatic carbocycles. The summed E-state index contributed by atoms with van der Waals surface area (Å²) in [5.74, 6) is 0. The fourth-order valence-electron chi connectivity index (χ4n) is 2.29. The first kappa shape index (κ1) is 13.6. The number of nitrogens with one attached hydrogen (secondary N) is 1. The van der Waals surface area contributed by atoms with Gasteiger partial charge in [-0.1, -0.05) is 19.1 Å². The molecule has 1 N–H and O–H groups in total. The second-order valence-corrected chi connectivity index (χ2v) is 5.41. The minimum atomic E-state index is -0.365. The summed E-state index contributed by atoms with van der Waals surface area (Å²) in [7, 11) is 0. The number of pyridine rings is 1. The molecule has 1 amide bonds. The predicted octanol–water partition coefficient (Wildman–Crippen LogP) is 2.89. The Labute approximate surface area is 113 Å². The van der Waals surface area contributed by atoms with Gasteiger partial charge in [0.25, 0.3) is 0 Å². The van der Waals surface area contributed by atoms with Crippen LogP contribution in [0.25, 0.3) is 6.08 Å². The van der Waals surface area contributed by atoms with E-state index in [0.717, 1.165) is 12.1 Å². The van der Waals surface area contributed by atoms with Crippen LogP contribution in [0.15, 0.2) is 24.4 Å². The van der Waals surface area contributed by atoms with Crippen molar-refractivity contribution in [3.63, 3.8) is 0 Å². The quantitative estimate of drug-likeness (QED) is 0.909. The summed E-state index contributed by atoms with van der Waals surface area (Å²) >= 11 is 0. The van der Waals surface area contributed by atoms with Crippen molar-refractivity contribution in [2.45, 2.75) is 38.7 Å². The van der Waals surface area contributed by atoms with Gasteiger partial charge in [-0.25, -0.2) is 4.79 Å². The Balaban J connectivity index is 2.08. The average Bonchev–Trinajstić information content (AvgIpc) is 2.36. The van der Waals surface area contributed by atoms with Gasteiger partial charge >= 0.3 is 6.09 Å². The van der Waals surface area contributed by atoms with Gasteiger partial charge in [0, 0.05) is 18.2 Å². The minimum absolute atomic E-state index is 0.104. The lowest BCUT2D eigenvalue weighted by molar-refractivity contribution is 0.113. The van der Waals surface area contributed by atoms with Gasteiger partial charge in [0.05, 0.1) is 11.8 Å². The average molecular weight is 260 g/mol. The number of nitrogens with zero attached hydrogens (tertiary/aromatic N) is 1. The second kappa shape index (κ2) is 5.43. The molecule has 0 spiro atoms. The first-order valence-corrected chi connectivity index (χ1v) is 6.58. The van der Waals surface area contributed by atoms with Crippen LogP contribution in [-0.4, -0.2) is 23.7 Å². The molecule has 0 aliphatic heterocycles. The summed E-state index contributed by atoms with van der Waals surface area (Å²) in [6.45, 7) is 6.35. The van der Waals surface area contributed by atoms with Crippen molar-refractivity contribution in [2.75, 3.05) is 6.54 Å². The zero-order valence-corrected chi connectivity index (χ0v) is 11.6. The second-order valence-electron chi connectivity index (χ2n) is 5.41. The number of allylic oxidation sites excluding steroid dienone is 1. The van der Waals surface area contributed by atoms with Crippen LogP contribution in [0, 0.1) is 0 Å². The maximum atomic E-state index is 11.6. The molecule has 4 nitrogen and oxygen atoms in total. The van der Waals surface area contributed by atoms with Crippen molar-refractivity contribution in [1.82, 2.24) is 10.3 Å². The highest BCUT2D eigenvalue weighted by atomic mass is 16.6. The summed E-state index contributed by atoms with van der Waals surface area (Å²) < 4.78 is 5.09. The van der Waals surface area contributed by atoms with E-state index < -0.39 is 0 Å². The molecule has 1 aromatic rings. The molecular weight excluding hydrogens is 240 g/mol. The zero-order chi connectivity index (χ0) is 13.9. The van der Waals surface area contributed by atoms with Gasteiger partial charge in [-0.15, -0.1) is 0 Å². The van der Waals surface area contributed by atoms with Crippen LogP contribution >= 0.6 is 0 Å². The van der Waals surface area contributed by atoms with E-state index in [1.807, 2.05) is 26.0 Å². The van der Waals surface area contributed by atoms with Crippen LogP contribution in [-0.2, 0) is 10.2 Å². The fourth-order valence-corrected chi connectivity index (χ4v) is 2.29. The summed E-state index contributed by atoms with van der Waals surface area (Å²) in [4.78, 5) is 15.9. The predicted molar refractivity (Wildman–Crippen MR) is 74.9 cm³/mol. The molecule has 19 heavy (non-hydrogen) atoms. The monoisotopic (exact) mass is 260 g/mol. The normalized spacial score (nSPS) is 21.1. The zero-order valence-electron chi connectivity index (χ0n) is 11.6.